The molecule has 8 rings (SSSR count). The molecule has 5 nitrogen and oxygen atoms in total. The van der Waals surface area contributed by atoms with Crippen LogP contribution >= 0.6 is 11.8 Å². The average molecular weight is 799 g/mol. The lowest BCUT2D eigenvalue weighted by Crippen LogP contribution is -2.60. The van der Waals surface area contributed by atoms with Crippen LogP contribution in [0.25, 0.3) is 0 Å². The smallest absolute Gasteiger partial charge is 0.143 e. The standard InChI is InChI=1S/C53H50O5S/c1-40-32-34-47(35-33-40)59-52-51(56-38-43-24-12-4-13-25-43)50(55-37-42-22-10-3-11-23-42)49(54-36-41-20-8-2-9-21-41)48(58-52)39-57-53(44-26-14-5-15-27-44,45-28-16-6-17-29-45)46-30-18-7-19-31-46/h2-35,48-52H,36-39H2,1H3/t48?,49-,50-,51?,52-/m0/s1. The van der Waals surface area contributed by atoms with E-state index in [2.05, 4.69) is 140 Å². The fraction of sp³-hybridized carbons (Fsp3) is 0.208. The van der Waals surface area contributed by atoms with Gasteiger partial charge in [-0.2, -0.15) is 0 Å². The maximum Gasteiger partial charge on any atom is 0.143 e. The number of ether oxygens (including phenoxy) is 5. The maximum absolute atomic E-state index is 7.49. The lowest BCUT2D eigenvalue weighted by Gasteiger charge is -2.47. The Labute approximate surface area is 352 Å². The zero-order valence-corrected chi connectivity index (χ0v) is 34.1. The predicted molar refractivity (Wildman–Crippen MR) is 236 cm³/mol. The molecule has 0 bridgehead atoms. The molecule has 0 aromatic heterocycles. The number of hydrogen-bond donors (Lipinski definition) is 0. The van der Waals surface area contributed by atoms with Crippen molar-refractivity contribution in [3.05, 3.63) is 245 Å². The van der Waals surface area contributed by atoms with Crippen LogP contribution in [0.1, 0.15) is 38.9 Å². The van der Waals surface area contributed by atoms with Crippen molar-refractivity contribution in [2.75, 3.05) is 6.61 Å². The molecule has 7 aromatic rings. The predicted octanol–water partition coefficient (Wildman–Crippen LogP) is 11.6. The van der Waals surface area contributed by atoms with Gasteiger partial charge >= 0.3 is 0 Å². The molecule has 1 aliphatic heterocycles. The summed E-state index contributed by atoms with van der Waals surface area (Å²) in [7, 11) is 0. The highest BCUT2D eigenvalue weighted by Crippen LogP contribution is 2.43. The summed E-state index contributed by atoms with van der Waals surface area (Å²) in [5.41, 5.74) is 6.00. The normalized spacial score (nSPS) is 19.3. The molecule has 0 saturated carbocycles. The second-order valence-corrected chi connectivity index (χ2v) is 16.0. The summed E-state index contributed by atoms with van der Waals surface area (Å²) < 4.78 is 35.9. The fourth-order valence-electron chi connectivity index (χ4n) is 7.70. The van der Waals surface area contributed by atoms with Crippen LogP contribution in [0.3, 0.4) is 0 Å². The van der Waals surface area contributed by atoms with Gasteiger partial charge in [0.2, 0.25) is 0 Å². The fourth-order valence-corrected chi connectivity index (χ4v) is 8.83. The first-order valence-corrected chi connectivity index (χ1v) is 21.2. The van der Waals surface area contributed by atoms with Crippen molar-refractivity contribution in [2.45, 2.75) is 67.1 Å². The van der Waals surface area contributed by atoms with Crippen LogP contribution in [-0.4, -0.2) is 36.5 Å². The Morgan fingerprint density at radius 1 is 0.441 bits per heavy atom. The van der Waals surface area contributed by atoms with Gasteiger partial charge in [0.05, 0.1) is 26.4 Å². The SMILES string of the molecule is Cc1ccc(S[C@@H]2OC(COC(c3ccccc3)(c3ccccc3)c3ccccc3)[C@H](OCc3ccccc3)[C@H](OCc3ccccc3)C2OCc2ccccc2)cc1. The Morgan fingerprint density at radius 3 is 1.24 bits per heavy atom. The van der Waals surface area contributed by atoms with Gasteiger partial charge in [0.1, 0.15) is 35.5 Å². The van der Waals surface area contributed by atoms with Crippen LogP contribution in [0.2, 0.25) is 0 Å². The Morgan fingerprint density at radius 2 is 0.814 bits per heavy atom. The highest BCUT2D eigenvalue weighted by atomic mass is 32.2. The van der Waals surface area contributed by atoms with E-state index in [0.717, 1.165) is 38.3 Å². The quantitative estimate of drug-likeness (QED) is 0.0855. The molecule has 59 heavy (non-hydrogen) atoms. The van der Waals surface area contributed by atoms with E-state index in [-0.39, 0.29) is 6.61 Å². The van der Waals surface area contributed by atoms with Crippen molar-refractivity contribution in [1.29, 1.82) is 0 Å². The van der Waals surface area contributed by atoms with E-state index in [1.807, 2.05) is 72.8 Å². The zero-order valence-electron chi connectivity index (χ0n) is 33.3. The zero-order chi connectivity index (χ0) is 40.1. The Bertz CT molecular complexity index is 2160. The highest BCUT2D eigenvalue weighted by molar-refractivity contribution is 7.99. The summed E-state index contributed by atoms with van der Waals surface area (Å²) in [5.74, 6) is 0. The van der Waals surface area contributed by atoms with Crippen LogP contribution in [-0.2, 0) is 49.1 Å². The van der Waals surface area contributed by atoms with Crippen molar-refractivity contribution in [3.63, 3.8) is 0 Å². The minimum absolute atomic E-state index is 0.194. The number of thioether (sulfide) groups is 1. The van der Waals surface area contributed by atoms with E-state index in [1.165, 1.54) is 5.56 Å². The minimum atomic E-state index is -0.961. The molecule has 5 atom stereocenters. The van der Waals surface area contributed by atoms with Crippen LogP contribution in [0, 0.1) is 6.92 Å². The summed E-state index contributed by atoms with van der Waals surface area (Å²) in [5, 5.41) is 0. The molecule has 0 amide bonds. The number of benzene rings is 7. The van der Waals surface area contributed by atoms with Crippen molar-refractivity contribution >= 4 is 11.8 Å². The van der Waals surface area contributed by atoms with E-state index < -0.39 is 35.5 Å². The molecular formula is C53H50O5S. The largest absolute Gasteiger partial charge is 0.368 e. The van der Waals surface area contributed by atoms with Gasteiger partial charge in [-0.15, -0.1) is 0 Å². The number of rotatable bonds is 17. The molecule has 298 valence electrons. The summed E-state index contributed by atoms with van der Waals surface area (Å²) in [4.78, 5) is 1.08. The summed E-state index contributed by atoms with van der Waals surface area (Å²) in [6.07, 6.45) is -2.18. The van der Waals surface area contributed by atoms with Crippen molar-refractivity contribution in [1.82, 2.24) is 0 Å². The van der Waals surface area contributed by atoms with Crippen LogP contribution < -0.4 is 0 Å². The summed E-state index contributed by atoms with van der Waals surface area (Å²) in [6.45, 7) is 3.42. The molecule has 1 heterocycles. The van der Waals surface area contributed by atoms with Gasteiger partial charge in [-0.25, -0.2) is 0 Å². The molecule has 0 spiro atoms. The van der Waals surface area contributed by atoms with Gasteiger partial charge in [-0.3, -0.25) is 0 Å². The molecule has 0 aliphatic carbocycles. The molecule has 1 saturated heterocycles. The van der Waals surface area contributed by atoms with Gasteiger partial charge in [-0.05, 0) is 52.4 Å². The molecule has 6 heteroatoms. The van der Waals surface area contributed by atoms with Gasteiger partial charge < -0.3 is 23.7 Å². The average Bonchev–Trinajstić information content (AvgIpc) is 3.30. The monoisotopic (exact) mass is 798 g/mol. The molecule has 2 unspecified atom stereocenters. The van der Waals surface area contributed by atoms with Crippen LogP contribution in [0.5, 0.6) is 0 Å². The Balaban J connectivity index is 1.22. The molecule has 1 fully saturated rings. The maximum atomic E-state index is 7.49. The van der Waals surface area contributed by atoms with Gasteiger partial charge in [-0.1, -0.05) is 211 Å². The molecule has 7 aromatic carbocycles. The lowest BCUT2D eigenvalue weighted by molar-refractivity contribution is -0.258. The number of aryl methyl sites for hydroxylation is 1. The molecule has 0 N–H and O–H groups in total. The number of hydrogen-bond acceptors (Lipinski definition) is 6. The first-order chi connectivity index (χ1) is 29.2. The first-order valence-electron chi connectivity index (χ1n) is 20.3. The topological polar surface area (TPSA) is 46.2 Å². The Kier molecular flexibility index (Phi) is 13.8. The first kappa shape index (κ1) is 40.5. The van der Waals surface area contributed by atoms with Crippen LogP contribution in [0.4, 0.5) is 0 Å². The van der Waals surface area contributed by atoms with E-state index in [4.69, 9.17) is 23.7 Å². The van der Waals surface area contributed by atoms with Gasteiger partial charge in [0.15, 0.2) is 0 Å². The summed E-state index contributed by atoms with van der Waals surface area (Å²) in [6, 6.07) is 70.7. The third-order valence-corrected chi connectivity index (χ3v) is 11.9. The highest BCUT2D eigenvalue weighted by Gasteiger charge is 2.50. The minimum Gasteiger partial charge on any atom is -0.368 e. The van der Waals surface area contributed by atoms with Crippen molar-refractivity contribution in [3.8, 4) is 0 Å². The third-order valence-electron chi connectivity index (χ3n) is 10.7. The van der Waals surface area contributed by atoms with Gasteiger partial charge in [0, 0.05) is 4.90 Å². The van der Waals surface area contributed by atoms with Crippen molar-refractivity contribution < 1.29 is 23.7 Å². The van der Waals surface area contributed by atoms with E-state index in [1.54, 1.807) is 11.8 Å². The summed E-state index contributed by atoms with van der Waals surface area (Å²) >= 11 is 1.65. The van der Waals surface area contributed by atoms with E-state index in [9.17, 15) is 0 Å². The third kappa shape index (κ3) is 10.1. The van der Waals surface area contributed by atoms with Crippen molar-refractivity contribution in [2.24, 2.45) is 0 Å². The molecular weight excluding hydrogens is 749 g/mol. The lowest BCUT2D eigenvalue weighted by atomic mass is 9.80. The molecule has 1 aliphatic rings. The van der Waals surface area contributed by atoms with E-state index >= 15 is 0 Å². The van der Waals surface area contributed by atoms with Crippen LogP contribution in [0.15, 0.2) is 211 Å². The second-order valence-electron chi connectivity index (χ2n) is 14.8. The second kappa shape index (κ2) is 20.1. The van der Waals surface area contributed by atoms with Gasteiger partial charge in [0.25, 0.3) is 0 Å². The molecule has 0 radical (unpaired) electrons. The van der Waals surface area contributed by atoms with E-state index in [0.29, 0.717) is 19.8 Å². The Hall–Kier alpha value is -5.31.